The fourth-order valence-electron chi connectivity index (χ4n) is 0.899. The molecule has 0 saturated heterocycles. The van der Waals surface area contributed by atoms with Crippen LogP contribution in [0.4, 0.5) is 0 Å². The van der Waals surface area contributed by atoms with Gasteiger partial charge in [-0.15, -0.1) is 12.4 Å². The third-order valence-corrected chi connectivity index (χ3v) is 2.54. The predicted octanol–water partition coefficient (Wildman–Crippen LogP) is 3.27. The minimum atomic E-state index is -0.367. The van der Waals surface area contributed by atoms with Crippen LogP contribution in [0.25, 0.3) is 0 Å². The summed E-state index contributed by atoms with van der Waals surface area (Å²) >= 11 is 5.77. The van der Waals surface area contributed by atoms with E-state index in [-0.39, 0.29) is 24.0 Å². The number of hydrogen-bond acceptors (Lipinski definition) is 2. The molecule has 1 aromatic carbocycles. The Morgan fingerprint density at radius 1 is 1.27 bits per heavy atom. The van der Waals surface area contributed by atoms with Crippen molar-refractivity contribution < 1.29 is 4.74 Å². The Bertz CT molecular complexity index is 296. The Morgan fingerprint density at radius 3 is 2.13 bits per heavy atom. The van der Waals surface area contributed by atoms with Crippen molar-refractivity contribution in [2.24, 2.45) is 5.73 Å². The van der Waals surface area contributed by atoms with Crippen molar-refractivity contribution >= 4 is 24.0 Å². The van der Waals surface area contributed by atoms with E-state index in [2.05, 4.69) is 0 Å². The zero-order valence-electron chi connectivity index (χ0n) is 9.16. The van der Waals surface area contributed by atoms with E-state index in [0.717, 1.165) is 5.75 Å². The molecule has 2 nitrogen and oxygen atoms in total. The van der Waals surface area contributed by atoms with Gasteiger partial charge in [-0.05, 0) is 45.0 Å². The van der Waals surface area contributed by atoms with Gasteiger partial charge < -0.3 is 10.5 Å². The number of ether oxygens (including phenoxy) is 1. The Kier molecular flexibility index (Phi) is 5.43. The molecule has 1 atom stereocenters. The minimum absolute atomic E-state index is 0. The van der Waals surface area contributed by atoms with Crippen LogP contribution in [0.3, 0.4) is 0 Å². The largest absolute Gasteiger partial charge is 0.486 e. The summed E-state index contributed by atoms with van der Waals surface area (Å²) in [6.07, 6.45) is 0. The minimum Gasteiger partial charge on any atom is -0.486 e. The van der Waals surface area contributed by atoms with Crippen molar-refractivity contribution in [1.82, 2.24) is 0 Å². The molecule has 0 aliphatic rings. The lowest BCUT2D eigenvalue weighted by molar-refractivity contribution is 0.0861. The van der Waals surface area contributed by atoms with Crippen LogP contribution in [-0.4, -0.2) is 11.6 Å². The topological polar surface area (TPSA) is 35.2 Å². The first-order chi connectivity index (χ1) is 6.42. The van der Waals surface area contributed by atoms with Gasteiger partial charge in [0.05, 0.1) is 0 Å². The zero-order valence-corrected chi connectivity index (χ0v) is 10.7. The van der Waals surface area contributed by atoms with Gasteiger partial charge in [0.2, 0.25) is 0 Å². The Labute approximate surface area is 102 Å². The second-order valence-electron chi connectivity index (χ2n) is 3.95. The van der Waals surface area contributed by atoms with Gasteiger partial charge in [-0.25, -0.2) is 0 Å². The molecule has 0 aromatic heterocycles. The molecule has 0 fully saturated rings. The molecule has 0 amide bonds. The highest BCUT2D eigenvalue weighted by Crippen LogP contribution is 2.22. The van der Waals surface area contributed by atoms with Crippen molar-refractivity contribution in [2.45, 2.75) is 32.4 Å². The van der Waals surface area contributed by atoms with Gasteiger partial charge in [0.25, 0.3) is 0 Å². The molecule has 4 heteroatoms. The van der Waals surface area contributed by atoms with Crippen molar-refractivity contribution in [2.75, 3.05) is 0 Å². The van der Waals surface area contributed by atoms with E-state index in [9.17, 15) is 0 Å². The normalized spacial score (nSPS) is 12.9. The Morgan fingerprint density at radius 2 is 1.73 bits per heavy atom. The van der Waals surface area contributed by atoms with Crippen molar-refractivity contribution in [1.29, 1.82) is 0 Å². The molecule has 0 saturated carbocycles. The average molecular weight is 250 g/mol. The van der Waals surface area contributed by atoms with E-state index < -0.39 is 0 Å². The maximum absolute atomic E-state index is 5.80. The smallest absolute Gasteiger partial charge is 0.120 e. The van der Waals surface area contributed by atoms with E-state index in [1.54, 1.807) is 12.1 Å². The van der Waals surface area contributed by atoms with E-state index in [0.29, 0.717) is 5.02 Å². The van der Waals surface area contributed by atoms with Gasteiger partial charge >= 0.3 is 0 Å². The van der Waals surface area contributed by atoms with Crippen LogP contribution >= 0.6 is 24.0 Å². The maximum atomic E-state index is 5.80. The molecule has 15 heavy (non-hydrogen) atoms. The van der Waals surface area contributed by atoms with E-state index in [1.807, 2.05) is 32.9 Å². The van der Waals surface area contributed by atoms with E-state index >= 15 is 0 Å². The molecule has 0 bridgehead atoms. The molecule has 86 valence electrons. The van der Waals surface area contributed by atoms with E-state index in [1.165, 1.54) is 0 Å². The summed E-state index contributed by atoms with van der Waals surface area (Å²) in [6, 6.07) is 7.25. The zero-order chi connectivity index (χ0) is 10.8. The first kappa shape index (κ1) is 14.6. The maximum Gasteiger partial charge on any atom is 0.120 e. The molecule has 1 unspecified atom stereocenters. The van der Waals surface area contributed by atoms with Crippen molar-refractivity contribution in [3.8, 4) is 5.75 Å². The van der Waals surface area contributed by atoms with Crippen LogP contribution in [0.5, 0.6) is 5.75 Å². The first-order valence-electron chi connectivity index (χ1n) is 4.62. The highest BCUT2D eigenvalue weighted by atomic mass is 35.5. The van der Waals surface area contributed by atoms with Gasteiger partial charge in [-0.1, -0.05) is 11.6 Å². The van der Waals surface area contributed by atoms with E-state index in [4.69, 9.17) is 22.1 Å². The third kappa shape index (κ3) is 4.29. The van der Waals surface area contributed by atoms with Gasteiger partial charge in [0.1, 0.15) is 11.4 Å². The summed E-state index contributed by atoms with van der Waals surface area (Å²) in [5.41, 5.74) is 5.43. The quantitative estimate of drug-likeness (QED) is 0.893. The van der Waals surface area contributed by atoms with Gasteiger partial charge in [-0.2, -0.15) is 0 Å². The lowest BCUT2D eigenvalue weighted by atomic mass is 10.0. The van der Waals surface area contributed by atoms with Crippen LogP contribution in [0, 0.1) is 0 Å². The lowest BCUT2D eigenvalue weighted by Crippen LogP contribution is -2.45. The van der Waals surface area contributed by atoms with Crippen molar-refractivity contribution in [3.05, 3.63) is 29.3 Å². The summed E-state index contributed by atoms with van der Waals surface area (Å²) in [7, 11) is 0. The molecule has 0 spiro atoms. The second-order valence-corrected chi connectivity index (χ2v) is 4.38. The molecule has 1 rings (SSSR count). The van der Waals surface area contributed by atoms with Crippen LogP contribution < -0.4 is 10.5 Å². The molecular formula is C11H17Cl2NO. The summed E-state index contributed by atoms with van der Waals surface area (Å²) in [4.78, 5) is 0. The number of hydrogen-bond donors (Lipinski definition) is 1. The number of nitrogens with two attached hydrogens (primary N) is 1. The standard InChI is InChI=1S/C11H16ClNO.ClH/c1-8(13)11(2,3)14-10-6-4-9(12)5-7-10;/h4-8H,13H2,1-3H3;1H. The SMILES string of the molecule is CC(N)C(C)(C)Oc1ccc(Cl)cc1.Cl. The highest BCUT2D eigenvalue weighted by molar-refractivity contribution is 6.30. The monoisotopic (exact) mass is 249 g/mol. The Hall–Kier alpha value is -0.440. The summed E-state index contributed by atoms with van der Waals surface area (Å²) in [6.45, 7) is 5.86. The molecule has 1 aromatic rings. The second kappa shape index (κ2) is 5.59. The molecule has 0 aliphatic carbocycles. The van der Waals surface area contributed by atoms with Gasteiger partial charge in [-0.3, -0.25) is 0 Å². The third-order valence-electron chi connectivity index (χ3n) is 2.29. The van der Waals surface area contributed by atoms with Gasteiger partial charge in [0, 0.05) is 11.1 Å². The predicted molar refractivity (Wildman–Crippen MR) is 67.1 cm³/mol. The molecule has 0 heterocycles. The van der Waals surface area contributed by atoms with Crippen LogP contribution in [-0.2, 0) is 0 Å². The Balaban J connectivity index is 0.00000196. The number of halogens is 2. The molecule has 0 radical (unpaired) electrons. The summed E-state index contributed by atoms with van der Waals surface area (Å²) in [5.74, 6) is 0.789. The molecule has 0 aliphatic heterocycles. The lowest BCUT2D eigenvalue weighted by Gasteiger charge is -2.30. The number of benzene rings is 1. The summed E-state index contributed by atoms with van der Waals surface area (Å²) < 4.78 is 5.73. The van der Waals surface area contributed by atoms with Crippen molar-refractivity contribution in [3.63, 3.8) is 0 Å². The molecular weight excluding hydrogens is 233 g/mol. The van der Waals surface area contributed by atoms with Crippen LogP contribution in [0.15, 0.2) is 24.3 Å². The molecule has 2 N–H and O–H groups in total. The fourth-order valence-corrected chi connectivity index (χ4v) is 1.03. The van der Waals surface area contributed by atoms with Gasteiger partial charge in [0.15, 0.2) is 0 Å². The first-order valence-corrected chi connectivity index (χ1v) is 5.00. The van der Waals surface area contributed by atoms with Crippen LogP contribution in [0.1, 0.15) is 20.8 Å². The average Bonchev–Trinajstić information content (AvgIpc) is 2.08. The fraction of sp³-hybridized carbons (Fsp3) is 0.455. The van der Waals surface area contributed by atoms with Crippen LogP contribution in [0.2, 0.25) is 5.02 Å². The number of rotatable bonds is 3. The summed E-state index contributed by atoms with van der Waals surface area (Å²) in [5, 5.41) is 0.705. The highest BCUT2D eigenvalue weighted by Gasteiger charge is 2.24.